The summed E-state index contributed by atoms with van der Waals surface area (Å²) in [5.41, 5.74) is 8.34. The molecule has 0 aliphatic heterocycles. The third kappa shape index (κ3) is 1.96. The lowest BCUT2D eigenvalue weighted by Crippen LogP contribution is -1.91. The van der Waals surface area contributed by atoms with Gasteiger partial charge in [-0.3, -0.25) is 0 Å². The Morgan fingerprint density at radius 3 is 2.25 bits per heavy atom. The number of nitrogen functional groups attached to an aromatic ring is 1. The summed E-state index contributed by atoms with van der Waals surface area (Å²) in [6.45, 7) is 3.90. The maximum Gasteiger partial charge on any atom is 0.131 e. The number of rotatable bonds is 2. The van der Waals surface area contributed by atoms with E-state index < -0.39 is 0 Å². The first-order valence-electron chi connectivity index (χ1n) is 4.98. The van der Waals surface area contributed by atoms with Gasteiger partial charge in [0.2, 0.25) is 0 Å². The fourth-order valence-corrected chi connectivity index (χ4v) is 1.55. The molecular formula is C14H12FN. The zero-order valence-corrected chi connectivity index (χ0v) is 8.78. The highest BCUT2D eigenvalue weighted by atomic mass is 19.1. The van der Waals surface area contributed by atoms with Crippen LogP contribution in [0.2, 0.25) is 0 Å². The van der Waals surface area contributed by atoms with E-state index in [1.807, 2.05) is 12.1 Å². The molecule has 1 nitrogen and oxygen atoms in total. The molecule has 0 aliphatic carbocycles. The van der Waals surface area contributed by atoms with Gasteiger partial charge in [0.1, 0.15) is 5.82 Å². The monoisotopic (exact) mass is 213 g/mol. The second kappa shape index (κ2) is 4.19. The normalized spacial score (nSPS) is 10.1. The Bertz CT molecular complexity index is 515. The van der Waals surface area contributed by atoms with Crippen LogP contribution in [0, 0.1) is 5.82 Å². The van der Waals surface area contributed by atoms with E-state index in [-0.39, 0.29) is 5.82 Å². The van der Waals surface area contributed by atoms with Crippen LogP contribution in [0.1, 0.15) is 11.1 Å². The van der Waals surface area contributed by atoms with Crippen molar-refractivity contribution >= 4 is 11.3 Å². The van der Waals surface area contributed by atoms with E-state index in [0.717, 1.165) is 5.56 Å². The summed E-state index contributed by atoms with van der Waals surface area (Å²) in [7, 11) is 0. The number of hydrogen-bond acceptors (Lipinski definition) is 1. The van der Waals surface area contributed by atoms with Gasteiger partial charge in [0.25, 0.3) is 0 Å². The molecule has 2 rings (SSSR count). The molecule has 0 radical (unpaired) electrons. The largest absolute Gasteiger partial charge is 0.399 e. The summed E-state index contributed by atoms with van der Waals surface area (Å²) in [4.78, 5) is 0. The first-order valence-corrected chi connectivity index (χ1v) is 4.98. The number of nitrogens with two attached hydrogens (primary N) is 1. The Morgan fingerprint density at radius 2 is 1.62 bits per heavy atom. The fraction of sp³-hybridized carbons (Fsp3) is 0. The van der Waals surface area contributed by atoms with Gasteiger partial charge in [0, 0.05) is 11.3 Å². The average Bonchev–Trinajstić information content (AvgIpc) is 2.30. The highest BCUT2D eigenvalue weighted by Crippen LogP contribution is 2.24. The third-order valence-corrected chi connectivity index (χ3v) is 2.46. The summed E-state index contributed by atoms with van der Waals surface area (Å²) in [6, 6.07) is 13.8. The highest BCUT2D eigenvalue weighted by molar-refractivity contribution is 5.78. The maximum absolute atomic E-state index is 13.5. The van der Waals surface area contributed by atoms with Crippen LogP contribution >= 0.6 is 0 Å². The molecule has 80 valence electrons. The second-order valence-electron chi connectivity index (χ2n) is 3.58. The summed E-state index contributed by atoms with van der Waals surface area (Å²) in [5.74, 6) is -0.260. The summed E-state index contributed by atoms with van der Waals surface area (Å²) < 4.78 is 13.5. The predicted molar refractivity (Wildman–Crippen MR) is 65.4 cm³/mol. The van der Waals surface area contributed by atoms with Gasteiger partial charge >= 0.3 is 0 Å². The van der Waals surface area contributed by atoms with Crippen LogP contribution in [-0.2, 0) is 0 Å². The molecule has 0 amide bonds. The Labute approximate surface area is 94.0 Å². The van der Waals surface area contributed by atoms with Crippen molar-refractivity contribution in [3.05, 3.63) is 72.1 Å². The zero-order chi connectivity index (χ0) is 11.5. The van der Waals surface area contributed by atoms with Gasteiger partial charge in [-0.25, -0.2) is 4.39 Å². The lowest BCUT2D eigenvalue weighted by molar-refractivity contribution is 0.624. The van der Waals surface area contributed by atoms with Crippen LogP contribution in [0.25, 0.3) is 5.57 Å². The first kappa shape index (κ1) is 10.4. The summed E-state index contributed by atoms with van der Waals surface area (Å²) in [6.07, 6.45) is 0. The molecule has 0 bridgehead atoms. The van der Waals surface area contributed by atoms with Gasteiger partial charge < -0.3 is 5.73 Å². The van der Waals surface area contributed by atoms with Gasteiger partial charge in [0.05, 0.1) is 0 Å². The van der Waals surface area contributed by atoms with Crippen LogP contribution in [0.3, 0.4) is 0 Å². The molecule has 2 aromatic carbocycles. The van der Waals surface area contributed by atoms with E-state index in [1.54, 1.807) is 30.3 Å². The highest BCUT2D eigenvalue weighted by Gasteiger charge is 2.06. The smallest absolute Gasteiger partial charge is 0.131 e. The minimum absolute atomic E-state index is 0.260. The molecule has 2 aromatic rings. The Balaban J connectivity index is 2.40. The van der Waals surface area contributed by atoms with Crippen molar-refractivity contribution in [3.63, 3.8) is 0 Å². The lowest BCUT2D eigenvalue weighted by Gasteiger charge is -2.07. The van der Waals surface area contributed by atoms with Crippen LogP contribution in [-0.4, -0.2) is 0 Å². The summed E-state index contributed by atoms with van der Waals surface area (Å²) >= 11 is 0. The molecule has 0 heterocycles. The van der Waals surface area contributed by atoms with Gasteiger partial charge in [-0.2, -0.15) is 0 Å². The molecule has 0 aliphatic rings. The Hall–Kier alpha value is -2.09. The lowest BCUT2D eigenvalue weighted by atomic mass is 9.99. The fourth-order valence-electron chi connectivity index (χ4n) is 1.55. The molecule has 0 saturated carbocycles. The molecule has 0 spiro atoms. The van der Waals surface area contributed by atoms with Crippen molar-refractivity contribution in [2.75, 3.05) is 5.73 Å². The molecule has 0 aromatic heterocycles. The minimum atomic E-state index is -0.260. The molecular weight excluding hydrogens is 201 g/mol. The topological polar surface area (TPSA) is 26.0 Å². The number of benzene rings is 2. The quantitative estimate of drug-likeness (QED) is 0.759. The second-order valence-corrected chi connectivity index (χ2v) is 3.58. The van der Waals surface area contributed by atoms with Crippen LogP contribution in [0.4, 0.5) is 10.1 Å². The number of halogens is 1. The van der Waals surface area contributed by atoms with Gasteiger partial charge in [-0.1, -0.05) is 36.9 Å². The molecule has 0 saturated heterocycles. The van der Waals surface area contributed by atoms with Crippen molar-refractivity contribution in [2.45, 2.75) is 0 Å². The molecule has 0 unspecified atom stereocenters. The average molecular weight is 213 g/mol. The molecule has 0 fully saturated rings. The Kier molecular flexibility index (Phi) is 2.73. The molecule has 2 heteroatoms. The van der Waals surface area contributed by atoms with Crippen molar-refractivity contribution in [1.82, 2.24) is 0 Å². The van der Waals surface area contributed by atoms with Crippen LogP contribution in [0.5, 0.6) is 0 Å². The number of hydrogen-bond donors (Lipinski definition) is 1. The van der Waals surface area contributed by atoms with E-state index >= 15 is 0 Å². The minimum Gasteiger partial charge on any atom is -0.399 e. The molecule has 2 N–H and O–H groups in total. The van der Waals surface area contributed by atoms with Crippen molar-refractivity contribution in [1.29, 1.82) is 0 Å². The van der Waals surface area contributed by atoms with Crippen molar-refractivity contribution in [3.8, 4) is 0 Å². The van der Waals surface area contributed by atoms with Gasteiger partial charge in [0.15, 0.2) is 0 Å². The zero-order valence-electron chi connectivity index (χ0n) is 8.78. The van der Waals surface area contributed by atoms with E-state index in [9.17, 15) is 4.39 Å². The van der Waals surface area contributed by atoms with Crippen LogP contribution in [0.15, 0.2) is 55.1 Å². The first-order chi connectivity index (χ1) is 7.68. The molecule has 16 heavy (non-hydrogen) atoms. The van der Waals surface area contributed by atoms with Gasteiger partial charge in [-0.05, 0) is 29.3 Å². The van der Waals surface area contributed by atoms with E-state index in [0.29, 0.717) is 16.8 Å². The maximum atomic E-state index is 13.5. The number of anilines is 1. The molecule has 0 atom stereocenters. The Morgan fingerprint density at radius 1 is 1.00 bits per heavy atom. The van der Waals surface area contributed by atoms with Gasteiger partial charge in [-0.15, -0.1) is 0 Å². The summed E-state index contributed by atoms with van der Waals surface area (Å²) in [5, 5.41) is 0. The van der Waals surface area contributed by atoms with E-state index in [4.69, 9.17) is 5.73 Å². The van der Waals surface area contributed by atoms with E-state index in [2.05, 4.69) is 6.58 Å². The standard InChI is InChI=1S/C14H12FN/c1-10(11-6-8-12(16)9-7-11)13-4-2-3-5-14(13)15/h2-9H,1,16H2. The van der Waals surface area contributed by atoms with E-state index in [1.165, 1.54) is 6.07 Å². The SMILES string of the molecule is C=C(c1ccc(N)cc1)c1ccccc1F. The predicted octanol–water partition coefficient (Wildman–Crippen LogP) is 3.47. The van der Waals surface area contributed by atoms with Crippen molar-refractivity contribution < 1.29 is 4.39 Å². The third-order valence-electron chi connectivity index (χ3n) is 2.46. The van der Waals surface area contributed by atoms with Crippen molar-refractivity contribution in [2.24, 2.45) is 0 Å². The van der Waals surface area contributed by atoms with Crippen LogP contribution < -0.4 is 5.73 Å².